The Labute approximate surface area is 89.2 Å². The van der Waals surface area contributed by atoms with Crippen molar-refractivity contribution in [3.63, 3.8) is 0 Å². The monoisotopic (exact) mass is 202 g/mol. The SMILES string of the molecule is Cc1cccc(Cl)c1-c1ccccc1. The lowest BCUT2D eigenvalue weighted by Gasteiger charge is -2.07. The minimum atomic E-state index is 0.816. The maximum atomic E-state index is 6.16. The molecule has 0 N–H and O–H groups in total. The van der Waals surface area contributed by atoms with Crippen molar-refractivity contribution in [2.45, 2.75) is 6.92 Å². The molecule has 1 heteroatoms. The third-order valence-electron chi connectivity index (χ3n) is 2.28. The van der Waals surface area contributed by atoms with Crippen molar-refractivity contribution in [3.05, 3.63) is 59.1 Å². The van der Waals surface area contributed by atoms with Gasteiger partial charge in [-0.1, -0.05) is 54.1 Å². The number of rotatable bonds is 1. The molecule has 0 atom stereocenters. The molecule has 0 unspecified atom stereocenters. The molecule has 0 aromatic heterocycles. The third-order valence-corrected chi connectivity index (χ3v) is 2.60. The third kappa shape index (κ3) is 1.66. The highest BCUT2D eigenvalue weighted by Crippen LogP contribution is 2.30. The van der Waals surface area contributed by atoms with Gasteiger partial charge >= 0.3 is 0 Å². The summed E-state index contributed by atoms with van der Waals surface area (Å²) < 4.78 is 0. The molecule has 70 valence electrons. The van der Waals surface area contributed by atoms with Crippen LogP contribution in [0.15, 0.2) is 48.5 Å². The average Bonchev–Trinajstić information content (AvgIpc) is 2.19. The first kappa shape index (κ1) is 9.29. The molecule has 0 bridgehead atoms. The van der Waals surface area contributed by atoms with Gasteiger partial charge in [-0.05, 0) is 24.1 Å². The topological polar surface area (TPSA) is 0 Å². The van der Waals surface area contributed by atoms with E-state index in [-0.39, 0.29) is 0 Å². The van der Waals surface area contributed by atoms with Gasteiger partial charge in [0.2, 0.25) is 0 Å². The lowest BCUT2D eigenvalue weighted by Crippen LogP contribution is -1.83. The normalized spacial score (nSPS) is 10.1. The summed E-state index contributed by atoms with van der Waals surface area (Å²) in [5.41, 5.74) is 3.52. The highest BCUT2D eigenvalue weighted by molar-refractivity contribution is 6.33. The van der Waals surface area contributed by atoms with Crippen LogP contribution in [-0.4, -0.2) is 0 Å². The Kier molecular flexibility index (Phi) is 2.55. The summed E-state index contributed by atoms with van der Waals surface area (Å²) in [5, 5.41) is 0.816. The molecule has 2 aromatic rings. The van der Waals surface area contributed by atoms with E-state index >= 15 is 0 Å². The van der Waals surface area contributed by atoms with E-state index < -0.39 is 0 Å². The largest absolute Gasteiger partial charge is 0.0837 e. The minimum Gasteiger partial charge on any atom is -0.0837 e. The van der Waals surface area contributed by atoms with Crippen LogP contribution >= 0.6 is 11.6 Å². The van der Waals surface area contributed by atoms with Crippen LogP contribution < -0.4 is 0 Å². The molecule has 2 rings (SSSR count). The second-order valence-electron chi connectivity index (χ2n) is 3.30. The second-order valence-corrected chi connectivity index (χ2v) is 3.70. The van der Waals surface area contributed by atoms with Crippen LogP contribution in [0.5, 0.6) is 0 Å². The Hall–Kier alpha value is -1.27. The summed E-state index contributed by atoms with van der Waals surface area (Å²) >= 11 is 6.16. The van der Waals surface area contributed by atoms with Crippen molar-refractivity contribution >= 4 is 11.6 Å². The predicted molar refractivity (Wildman–Crippen MR) is 61.6 cm³/mol. The lowest BCUT2D eigenvalue weighted by molar-refractivity contribution is 1.46. The van der Waals surface area contributed by atoms with Gasteiger partial charge < -0.3 is 0 Å². The summed E-state index contributed by atoms with van der Waals surface area (Å²) in [6.45, 7) is 2.08. The lowest BCUT2D eigenvalue weighted by atomic mass is 10.0. The van der Waals surface area contributed by atoms with E-state index in [1.54, 1.807) is 0 Å². The minimum absolute atomic E-state index is 0.816. The second kappa shape index (κ2) is 3.85. The van der Waals surface area contributed by atoms with Gasteiger partial charge in [-0.2, -0.15) is 0 Å². The van der Waals surface area contributed by atoms with E-state index in [4.69, 9.17) is 11.6 Å². The van der Waals surface area contributed by atoms with Gasteiger partial charge in [0.25, 0.3) is 0 Å². The van der Waals surface area contributed by atoms with E-state index in [0.29, 0.717) is 0 Å². The van der Waals surface area contributed by atoms with Gasteiger partial charge in [-0.25, -0.2) is 0 Å². The Bertz CT molecular complexity index is 412. The van der Waals surface area contributed by atoms with E-state index in [0.717, 1.165) is 10.6 Å². The van der Waals surface area contributed by atoms with Crippen molar-refractivity contribution in [3.8, 4) is 11.1 Å². The summed E-state index contributed by atoms with van der Waals surface area (Å²) in [6, 6.07) is 16.2. The number of hydrogen-bond acceptors (Lipinski definition) is 0. The molecule has 0 nitrogen and oxygen atoms in total. The van der Waals surface area contributed by atoms with E-state index in [9.17, 15) is 0 Å². The summed E-state index contributed by atoms with van der Waals surface area (Å²) in [7, 11) is 0. The quantitative estimate of drug-likeness (QED) is 0.646. The van der Waals surface area contributed by atoms with Gasteiger partial charge in [0.15, 0.2) is 0 Å². The molecular formula is C13H11Cl. The zero-order chi connectivity index (χ0) is 9.97. The predicted octanol–water partition coefficient (Wildman–Crippen LogP) is 4.32. The van der Waals surface area contributed by atoms with E-state index in [2.05, 4.69) is 25.1 Å². The Morgan fingerprint density at radius 3 is 2.21 bits per heavy atom. The zero-order valence-corrected chi connectivity index (χ0v) is 8.75. The number of aryl methyl sites for hydroxylation is 1. The van der Waals surface area contributed by atoms with Gasteiger partial charge in [-0.3, -0.25) is 0 Å². The maximum Gasteiger partial charge on any atom is 0.0487 e. The molecule has 0 fully saturated rings. The Morgan fingerprint density at radius 2 is 1.57 bits per heavy atom. The van der Waals surface area contributed by atoms with Crippen LogP contribution in [0.1, 0.15) is 5.56 Å². The standard InChI is InChI=1S/C13H11Cl/c1-10-6-5-9-12(14)13(10)11-7-3-2-4-8-11/h2-9H,1H3. The summed E-state index contributed by atoms with van der Waals surface area (Å²) in [5.74, 6) is 0. The smallest absolute Gasteiger partial charge is 0.0487 e. The summed E-state index contributed by atoms with van der Waals surface area (Å²) in [4.78, 5) is 0. The van der Waals surface area contributed by atoms with Gasteiger partial charge in [0, 0.05) is 10.6 Å². The van der Waals surface area contributed by atoms with Crippen molar-refractivity contribution in [2.24, 2.45) is 0 Å². The number of hydrogen-bond donors (Lipinski definition) is 0. The van der Waals surface area contributed by atoms with E-state index in [1.165, 1.54) is 11.1 Å². The number of halogens is 1. The molecule has 0 aliphatic heterocycles. The molecule has 0 aliphatic rings. The molecule has 2 aromatic carbocycles. The molecular weight excluding hydrogens is 192 g/mol. The van der Waals surface area contributed by atoms with Crippen LogP contribution in [0.25, 0.3) is 11.1 Å². The highest BCUT2D eigenvalue weighted by Gasteiger charge is 2.04. The van der Waals surface area contributed by atoms with Gasteiger partial charge in [0.05, 0.1) is 0 Å². The molecule has 0 radical (unpaired) electrons. The molecule has 14 heavy (non-hydrogen) atoms. The highest BCUT2D eigenvalue weighted by atomic mass is 35.5. The molecule has 0 aliphatic carbocycles. The van der Waals surface area contributed by atoms with Crippen LogP contribution in [-0.2, 0) is 0 Å². The fourth-order valence-corrected chi connectivity index (χ4v) is 1.93. The molecule has 0 saturated carbocycles. The maximum absolute atomic E-state index is 6.16. The number of benzene rings is 2. The van der Waals surface area contributed by atoms with Gasteiger partial charge in [-0.15, -0.1) is 0 Å². The average molecular weight is 203 g/mol. The zero-order valence-electron chi connectivity index (χ0n) is 8.00. The van der Waals surface area contributed by atoms with Crippen molar-refractivity contribution in [1.29, 1.82) is 0 Å². The van der Waals surface area contributed by atoms with Crippen molar-refractivity contribution < 1.29 is 0 Å². The molecule has 0 spiro atoms. The van der Waals surface area contributed by atoms with Crippen LogP contribution in [0.3, 0.4) is 0 Å². The Balaban J connectivity index is 2.63. The molecule has 0 amide bonds. The fourth-order valence-electron chi connectivity index (χ4n) is 1.60. The van der Waals surface area contributed by atoms with Crippen LogP contribution in [0.4, 0.5) is 0 Å². The Morgan fingerprint density at radius 1 is 0.857 bits per heavy atom. The van der Waals surface area contributed by atoms with Crippen LogP contribution in [0, 0.1) is 6.92 Å². The van der Waals surface area contributed by atoms with Crippen LogP contribution in [0.2, 0.25) is 5.02 Å². The first-order chi connectivity index (χ1) is 6.79. The fraction of sp³-hybridized carbons (Fsp3) is 0.0769. The molecule has 0 saturated heterocycles. The van der Waals surface area contributed by atoms with Crippen molar-refractivity contribution in [2.75, 3.05) is 0 Å². The van der Waals surface area contributed by atoms with Gasteiger partial charge in [0.1, 0.15) is 0 Å². The van der Waals surface area contributed by atoms with Crippen molar-refractivity contribution in [1.82, 2.24) is 0 Å². The summed E-state index contributed by atoms with van der Waals surface area (Å²) in [6.07, 6.45) is 0. The molecule has 0 heterocycles. The van der Waals surface area contributed by atoms with E-state index in [1.807, 2.05) is 30.3 Å². The first-order valence-electron chi connectivity index (χ1n) is 4.59. The first-order valence-corrected chi connectivity index (χ1v) is 4.97.